The highest BCUT2D eigenvalue weighted by atomic mass is 32.1. The highest BCUT2D eigenvalue weighted by Crippen LogP contribution is 2.13. The number of carbonyl (C=O) groups is 2. The molecule has 1 aromatic rings. The summed E-state index contributed by atoms with van der Waals surface area (Å²) in [4.78, 5) is 25.3. The van der Waals surface area contributed by atoms with Crippen molar-refractivity contribution >= 4 is 23.2 Å². The van der Waals surface area contributed by atoms with Crippen molar-refractivity contribution in [3.05, 3.63) is 33.5 Å². The summed E-state index contributed by atoms with van der Waals surface area (Å²) in [7, 11) is 1.67. The second kappa shape index (κ2) is 5.63. The molecule has 1 heterocycles. The summed E-state index contributed by atoms with van der Waals surface area (Å²) >= 11 is 1.57. The number of carboxylic acid groups (broad SMARTS) is 1. The summed E-state index contributed by atoms with van der Waals surface area (Å²) in [6, 6.07) is 3.86. The highest BCUT2D eigenvalue weighted by Gasteiger charge is 2.16. The Balaban J connectivity index is 2.77. The van der Waals surface area contributed by atoms with E-state index in [0.29, 0.717) is 6.54 Å². The van der Waals surface area contributed by atoms with Crippen LogP contribution in [0.2, 0.25) is 0 Å². The number of hydrogen-bond acceptors (Lipinski definition) is 3. The maximum Gasteiger partial charge on any atom is 0.331 e. The molecule has 5 heteroatoms. The lowest BCUT2D eigenvalue weighted by Gasteiger charge is -2.17. The third-order valence-corrected chi connectivity index (χ3v) is 3.39. The average Bonchev–Trinajstić information content (AvgIpc) is 2.78. The summed E-state index contributed by atoms with van der Waals surface area (Å²) < 4.78 is 0. The fourth-order valence-corrected chi connectivity index (χ4v) is 2.07. The lowest BCUT2D eigenvalue weighted by molar-refractivity contribution is -0.133. The first-order valence-electron chi connectivity index (χ1n) is 5.12. The first-order valence-corrected chi connectivity index (χ1v) is 6.00. The largest absolute Gasteiger partial charge is 0.478 e. The number of nitrogens with zero attached hydrogens (tertiary/aromatic N) is 1. The lowest BCUT2D eigenvalue weighted by atomic mass is 10.1. The first-order chi connectivity index (χ1) is 7.93. The van der Waals surface area contributed by atoms with E-state index in [1.165, 1.54) is 18.7 Å². The van der Waals surface area contributed by atoms with E-state index in [1.54, 1.807) is 18.4 Å². The molecule has 1 amide bonds. The standard InChI is InChI=1S/C12H15NO3S/c1-8(9(2)12(15)16)11(14)13(3)7-10-5-4-6-17-10/h4-6H,7H2,1-3H3,(H,15,16)/b9-8-. The molecule has 0 bridgehead atoms. The third kappa shape index (κ3) is 3.42. The van der Waals surface area contributed by atoms with Gasteiger partial charge in [0.2, 0.25) is 5.91 Å². The van der Waals surface area contributed by atoms with E-state index in [1.807, 2.05) is 17.5 Å². The highest BCUT2D eigenvalue weighted by molar-refractivity contribution is 7.09. The Morgan fingerprint density at radius 2 is 2.00 bits per heavy atom. The Labute approximate surface area is 104 Å². The van der Waals surface area contributed by atoms with Crippen molar-refractivity contribution in [2.75, 3.05) is 7.05 Å². The van der Waals surface area contributed by atoms with Gasteiger partial charge >= 0.3 is 5.97 Å². The van der Waals surface area contributed by atoms with E-state index >= 15 is 0 Å². The van der Waals surface area contributed by atoms with Crippen molar-refractivity contribution < 1.29 is 14.7 Å². The number of hydrogen-bond donors (Lipinski definition) is 1. The molecule has 1 aromatic heterocycles. The second-order valence-electron chi connectivity index (χ2n) is 3.80. The van der Waals surface area contributed by atoms with Crippen LogP contribution >= 0.6 is 11.3 Å². The zero-order chi connectivity index (χ0) is 13.0. The zero-order valence-electron chi connectivity index (χ0n) is 10.1. The van der Waals surface area contributed by atoms with Gasteiger partial charge in [-0.15, -0.1) is 11.3 Å². The molecule has 0 spiro atoms. The van der Waals surface area contributed by atoms with Crippen LogP contribution in [-0.4, -0.2) is 28.9 Å². The van der Waals surface area contributed by atoms with Gasteiger partial charge in [-0.1, -0.05) is 6.07 Å². The molecule has 1 N–H and O–H groups in total. The molecule has 0 saturated heterocycles. The van der Waals surface area contributed by atoms with Gasteiger partial charge in [0.15, 0.2) is 0 Å². The minimum Gasteiger partial charge on any atom is -0.478 e. The number of rotatable bonds is 4. The summed E-state index contributed by atoms with van der Waals surface area (Å²) in [6.07, 6.45) is 0. The number of thiophene rings is 1. The fraction of sp³-hybridized carbons (Fsp3) is 0.333. The van der Waals surface area contributed by atoms with Crippen LogP contribution < -0.4 is 0 Å². The van der Waals surface area contributed by atoms with Crippen LogP contribution in [0.1, 0.15) is 18.7 Å². The van der Waals surface area contributed by atoms with E-state index in [0.717, 1.165) is 4.88 Å². The molecule has 0 aliphatic rings. The van der Waals surface area contributed by atoms with Gasteiger partial charge in [-0.05, 0) is 25.3 Å². The molecule has 4 nitrogen and oxygen atoms in total. The third-order valence-electron chi connectivity index (χ3n) is 2.52. The van der Waals surface area contributed by atoms with Crippen molar-refractivity contribution in [2.45, 2.75) is 20.4 Å². The summed E-state index contributed by atoms with van der Waals surface area (Å²) in [6.45, 7) is 3.48. The number of carbonyl (C=O) groups excluding carboxylic acids is 1. The molecule has 0 radical (unpaired) electrons. The molecule has 0 saturated carbocycles. The molecule has 0 unspecified atom stereocenters. The molecule has 0 fully saturated rings. The van der Waals surface area contributed by atoms with Crippen LogP contribution in [0.15, 0.2) is 28.7 Å². The van der Waals surface area contributed by atoms with Crippen LogP contribution in [0.25, 0.3) is 0 Å². The van der Waals surface area contributed by atoms with Crippen LogP contribution in [0.3, 0.4) is 0 Å². The van der Waals surface area contributed by atoms with Gasteiger partial charge in [0, 0.05) is 23.1 Å². The molecular weight excluding hydrogens is 238 g/mol. The Kier molecular flexibility index (Phi) is 4.45. The van der Waals surface area contributed by atoms with Gasteiger partial charge < -0.3 is 10.0 Å². The van der Waals surface area contributed by atoms with Gasteiger partial charge in [-0.25, -0.2) is 4.79 Å². The Morgan fingerprint density at radius 1 is 1.35 bits per heavy atom. The molecule has 0 atom stereocenters. The quantitative estimate of drug-likeness (QED) is 0.836. The van der Waals surface area contributed by atoms with E-state index < -0.39 is 5.97 Å². The molecule has 92 valence electrons. The topological polar surface area (TPSA) is 57.6 Å². The van der Waals surface area contributed by atoms with Gasteiger partial charge in [-0.3, -0.25) is 4.79 Å². The first kappa shape index (κ1) is 13.4. The van der Waals surface area contributed by atoms with E-state index in [9.17, 15) is 9.59 Å². The Morgan fingerprint density at radius 3 is 2.47 bits per heavy atom. The molecule has 0 aromatic carbocycles. The normalized spacial score (nSPS) is 11.9. The number of likely N-dealkylation sites (N-methyl/N-ethyl adjacent to an activating group) is 1. The van der Waals surface area contributed by atoms with E-state index in [-0.39, 0.29) is 17.1 Å². The predicted molar refractivity (Wildman–Crippen MR) is 66.8 cm³/mol. The molecule has 1 rings (SSSR count). The number of aliphatic carboxylic acids is 1. The summed E-state index contributed by atoms with van der Waals surface area (Å²) in [5.41, 5.74) is 0.365. The maximum absolute atomic E-state index is 11.9. The predicted octanol–water partition coefficient (Wildman–Crippen LogP) is 2.13. The molecule has 0 aliphatic carbocycles. The molecule has 0 aliphatic heterocycles. The van der Waals surface area contributed by atoms with Gasteiger partial charge in [-0.2, -0.15) is 0 Å². The Hall–Kier alpha value is -1.62. The van der Waals surface area contributed by atoms with E-state index in [4.69, 9.17) is 5.11 Å². The van der Waals surface area contributed by atoms with Crippen molar-refractivity contribution in [3.63, 3.8) is 0 Å². The monoisotopic (exact) mass is 253 g/mol. The smallest absolute Gasteiger partial charge is 0.331 e. The van der Waals surface area contributed by atoms with Gasteiger partial charge in [0.05, 0.1) is 6.54 Å². The zero-order valence-corrected chi connectivity index (χ0v) is 10.9. The lowest BCUT2D eigenvalue weighted by Crippen LogP contribution is -2.27. The Bertz CT molecular complexity index is 448. The second-order valence-corrected chi connectivity index (χ2v) is 4.83. The summed E-state index contributed by atoms with van der Waals surface area (Å²) in [5.74, 6) is -1.31. The fourth-order valence-electron chi connectivity index (χ4n) is 1.32. The number of carboxylic acids is 1. The number of amides is 1. The van der Waals surface area contributed by atoms with Gasteiger partial charge in [0.1, 0.15) is 0 Å². The van der Waals surface area contributed by atoms with Crippen molar-refractivity contribution in [2.24, 2.45) is 0 Å². The SMILES string of the molecule is C/C(C(=O)O)=C(\C)C(=O)N(C)Cc1cccs1. The van der Waals surface area contributed by atoms with Crippen LogP contribution in [0.4, 0.5) is 0 Å². The summed E-state index contributed by atoms with van der Waals surface area (Å²) in [5, 5.41) is 10.8. The van der Waals surface area contributed by atoms with Crippen LogP contribution in [0, 0.1) is 0 Å². The average molecular weight is 253 g/mol. The minimum atomic E-state index is -1.06. The minimum absolute atomic E-state index is 0.0908. The van der Waals surface area contributed by atoms with Crippen molar-refractivity contribution in [3.8, 4) is 0 Å². The van der Waals surface area contributed by atoms with E-state index in [2.05, 4.69) is 0 Å². The van der Waals surface area contributed by atoms with Crippen molar-refractivity contribution in [1.29, 1.82) is 0 Å². The van der Waals surface area contributed by atoms with Crippen molar-refractivity contribution in [1.82, 2.24) is 4.90 Å². The molecule has 17 heavy (non-hydrogen) atoms. The maximum atomic E-state index is 11.9. The van der Waals surface area contributed by atoms with Crippen LogP contribution in [-0.2, 0) is 16.1 Å². The van der Waals surface area contributed by atoms with Gasteiger partial charge in [0.25, 0.3) is 0 Å². The van der Waals surface area contributed by atoms with Crippen LogP contribution in [0.5, 0.6) is 0 Å². The molecular formula is C12H15NO3S.